The van der Waals surface area contributed by atoms with Crippen LogP contribution in [0, 0.1) is 0 Å². The van der Waals surface area contributed by atoms with Crippen LogP contribution >= 0.6 is 11.3 Å². The molecule has 0 spiro atoms. The molecule has 1 amide bonds. The van der Waals surface area contributed by atoms with Gasteiger partial charge in [-0.3, -0.25) is 4.79 Å². The number of ether oxygens (including phenoxy) is 3. The molecule has 2 N–H and O–H groups in total. The predicted molar refractivity (Wildman–Crippen MR) is 105 cm³/mol. The van der Waals surface area contributed by atoms with E-state index in [0.717, 1.165) is 31.5 Å². The first-order chi connectivity index (χ1) is 13.1. The topological polar surface area (TPSA) is 81.7 Å². The number of carbonyl (C=O) groups excluding carboxylic acids is 1. The number of amides is 1. The minimum atomic E-state index is -0.129. The van der Waals surface area contributed by atoms with Crippen LogP contribution in [0.1, 0.15) is 29.2 Å². The van der Waals surface area contributed by atoms with Crippen molar-refractivity contribution in [2.75, 3.05) is 39.7 Å². The number of nitrogens with one attached hydrogen (secondary N) is 2. The number of nitrogens with zero attached hydrogens (tertiary/aromatic N) is 1. The quantitative estimate of drug-likeness (QED) is 0.755. The largest absolute Gasteiger partial charge is 0.493 e. The highest BCUT2D eigenvalue weighted by Crippen LogP contribution is 2.38. The highest BCUT2D eigenvalue weighted by Gasteiger charge is 2.19. The van der Waals surface area contributed by atoms with Crippen molar-refractivity contribution in [2.45, 2.75) is 25.2 Å². The first-order valence-electron chi connectivity index (χ1n) is 8.89. The fraction of sp³-hybridized carbons (Fsp3) is 0.474. The summed E-state index contributed by atoms with van der Waals surface area (Å²) < 4.78 is 16.0. The number of benzene rings is 1. The van der Waals surface area contributed by atoms with Gasteiger partial charge in [-0.1, -0.05) is 0 Å². The van der Waals surface area contributed by atoms with E-state index in [0.29, 0.717) is 28.3 Å². The third kappa shape index (κ3) is 4.70. The fourth-order valence-corrected chi connectivity index (χ4v) is 4.23. The maximum absolute atomic E-state index is 12.5. The van der Waals surface area contributed by atoms with Crippen LogP contribution in [0.4, 0.5) is 5.13 Å². The summed E-state index contributed by atoms with van der Waals surface area (Å²) in [4.78, 5) is 18.1. The predicted octanol–water partition coefficient (Wildman–Crippen LogP) is 2.82. The molecular weight excluding hydrogens is 366 g/mol. The van der Waals surface area contributed by atoms with Crippen molar-refractivity contribution < 1.29 is 19.0 Å². The third-order valence-electron chi connectivity index (χ3n) is 4.60. The number of rotatable bonds is 7. The molecule has 3 rings (SSSR count). The Labute approximate surface area is 163 Å². The van der Waals surface area contributed by atoms with E-state index < -0.39 is 0 Å². The third-order valence-corrected chi connectivity index (χ3v) is 5.68. The van der Waals surface area contributed by atoms with Gasteiger partial charge in [0, 0.05) is 11.1 Å². The van der Waals surface area contributed by atoms with E-state index in [9.17, 15) is 4.79 Å². The van der Waals surface area contributed by atoms with Crippen molar-refractivity contribution in [3.8, 4) is 17.2 Å². The second-order valence-electron chi connectivity index (χ2n) is 6.35. The summed E-state index contributed by atoms with van der Waals surface area (Å²) in [6, 6.07) is 3.56. The number of carbonyl (C=O) groups is 1. The molecule has 0 bridgehead atoms. The number of hydrogen-bond donors (Lipinski definition) is 2. The molecule has 8 heteroatoms. The zero-order valence-corrected chi connectivity index (χ0v) is 16.6. The van der Waals surface area contributed by atoms with E-state index in [1.165, 1.54) is 4.88 Å². The van der Waals surface area contributed by atoms with Crippen molar-refractivity contribution in [2.24, 2.45) is 0 Å². The monoisotopic (exact) mass is 391 g/mol. The first kappa shape index (κ1) is 19.4. The zero-order valence-electron chi connectivity index (χ0n) is 15.8. The van der Waals surface area contributed by atoms with Gasteiger partial charge in [-0.2, -0.15) is 0 Å². The minimum absolute atomic E-state index is 0.129. The maximum Gasteiger partial charge on any atom is 0.230 e. The molecule has 0 radical (unpaired) electrons. The minimum Gasteiger partial charge on any atom is -0.493 e. The summed E-state index contributed by atoms with van der Waals surface area (Å²) in [7, 11) is 4.66. The van der Waals surface area contributed by atoms with Gasteiger partial charge < -0.3 is 24.8 Å². The van der Waals surface area contributed by atoms with Crippen LogP contribution in [-0.2, 0) is 11.2 Å². The summed E-state index contributed by atoms with van der Waals surface area (Å²) in [6.07, 6.45) is 4.30. The van der Waals surface area contributed by atoms with E-state index in [1.807, 2.05) is 6.20 Å². The lowest BCUT2D eigenvalue weighted by atomic mass is 9.97. The molecule has 0 saturated carbocycles. The van der Waals surface area contributed by atoms with Crippen molar-refractivity contribution in [1.82, 2.24) is 10.3 Å². The molecule has 7 nitrogen and oxygen atoms in total. The van der Waals surface area contributed by atoms with Gasteiger partial charge in [0.15, 0.2) is 16.6 Å². The maximum atomic E-state index is 12.5. The van der Waals surface area contributed by atoms with Crippen LogP contribution in [0.2, 0.25) is 0 Å². The van der Waals surface area contributed by atoms with Crippen LogP contribution in [0.25, 0.3) is 0 Å². The van der Waals surface area contributed by atoms with Crippen molar-refractivity contribution >= 4 is 22.4 Å². The molecule has 1 saturated heterocycles. The number of thiazole rings is 1. The Morgan fingerprint density at radius 1 is 1.19 bits per heavy atom. The summed E-state index contributed by atoms with van der Waals surface area (Å²) in [5.41, 5.74) is 0.775. The number of methoxy groups -OCH3 is 3. The Morgan fingerprint density at radius 3 is 2.44 bits per heavy atom. The molecule has 1 aromatic heterocycles. The smallest absolute Gasteiger partial charge is 0.230 e. The average molecular weight is 391 g/mol. The van der Waals surface area contributed by atoms with Crippen LogP contribution in [0.5, 0.6) is 17.2 Å². The Balaban J connectivity index is 1.66. The molecule has 146 valence electrons. The molecule has 0 aliphatic carbocycles. The van der Waals surface area contributed by atoms with Crippen molar-refractivity contribution in [1.29, 1.82) is 0 Å². The summed E-state index contributed by atoms with van der Waals surface area (Å²) in [5.74, 6) is 1.97. The number of piperidine rings is 1. The zero-order chi connectivity index (χ0) is 19.2. The number of anilines is 1. The molecule has 1 aliphatic heterocycles. The molecule has 2 heterocycles. The Morgan fingerprint density at radius 2 is 1.85 bits per heavy atom. The fourth-order valence-electron chi connectivity index (χ4n) is 3.23. The molecule has 0 atom stereocenters. The van der Waals surface area contributed by atoms with Crippen LogP contribution in [0.15, 0.2) is 18.3 Å². The molecule has 27 heavy (non-hydrogen) atoms. The average Bonchev–Trinajstić information content (AvgIpc) is 3.16. The van der Waals surface area contributed by atoms with Crippen molar-refractivity contribution in [3.05, 3.63) is 28.8 Å². The van der Waals surface area contributed by atoms with Gasteiger partial charge in [-0.25, -0.2) is 4.98 Å². The van der Waals surface area contributed by atoms with Gasteiger partial charge in [0.25, 0.3) is 0 Å². The molecule has 1 aliphatic rings. The number of hydrogen-bond acceptors (Lipinski definition) is 7. The van der Waals surface area contributed by atoms with E-state index in [4.69, 9.17) is 14.2 Å². The lowest BCUT2D eigenvalue weighted by Crippen LogP contribution is -2.26. The van der Waals surface area contributed by atoms with E-state index in [-0.39, 0.29) is 12.3 Å². The Hall–Kier alpha value is -2.32. The Kier molecular flexibility index (Phi) is 6.52. The highest BCUT2D eigenvalue weighted by molar-refractivity contribution is 7.15. The normalized spacial score (nSPS) is 14.6. The van der Waals surface area contributed by atoms with E-state index >= 15 is 0 Å². The lowest BCUT2D eigenvalue weighted by Gasteiger charge is -2.20. The molecule has 1 aromatic carbocycles. The summed E-state index contributed by atoms with van der Waals surface area (Å²) in [6.45, 7) is 2.07. The molecule has 0 unspecified atom stereocenters. The van der Waals surface area contributed by atoms with Crippen molar-refractivity contribution in [3.63, 3.8) is 0 Å². The second-order valence-corrected chi connectivity index (χ2v) is 7.41. The van der Waals surface area contributed by atoms with Gasteiger partial charge >= 0.3 is 0 Å². The second kappa shape index (κ2) is 9.05. The summed E-state index contributed by atoms with van der Waals surface area (Å²) >= 11 is 1.56. The standard InChI is InChI=1S/C19H25N3O4S/c1-24-14-8-12(9-15(25-2)18(14)26-3)10-17(23)22-19-21-11-16(27-19)13-4-6-20-7-5-13/h8-9,11,13,20H,4-7,10H2,1-3H3,(H,21,22,23). The molecule has 1 fully saturated rings. The lowest BCUT2D eigenvalue weighted by molar-refractivity contribution is -0.115. The van der Waals surface area contributed by atoms with Gasteiger partial charge in [-0.05, 0) is 49.5 Å². The van der Waals surface area contributed by atoms with E-state index in [1.54, 1.807) is 44.8 Å². The van der Waals surface area contributed by atoms with Gasteiger partial charge in [-0.15, -0.1) is 11.3 Å². The highest BCUT2D eigenvalue weighted by atomic mass is 32.1. The van der Waals surface area contributed by atoms with E-state index in [2.05, 4.69) is 15.6 Å². The Bertz CT molecular complexity index is 762. The van der Waals surface area contributed by atoms with Crippen LogP contribution in [0.3, 0.4) is 0 Å². The van der Waals surface area contributed by atoms with Gasteiger partial charge in [0.05, 0.1) is 27.8 Å². The SMILES string of the molecule is COc1cc(CC(=O)Nc2ncc(C3CCNCC3)s2)cc(OC)c1OC. The summed E-state index contributed by atoms with van der Waals surface area (Å²) in [5, 5.41) is 6.90. The van der Waals surface area contributed by atoms with Gasteiger partial charge in [0.2, 0.25) is 11.7 Å². The molecule has 2 aromatic rings. The van der Waals surface area contributed by atoms with Crippen LogP contribution < -0.4 is 24.8 Å². The van der Waals surface area contributed by atoms with Gasteiger partial charge in [0.1, 0.15) is 0 Å². The molecular formula is C19H25N3O4S. The number of aromatic nitrogens is 1. The van der Waals surface area contributed by atoms with Crippen LogP contribution in [-0.4, -0.2) is 45.3 Å². The first-order valence-corrected chi connectivity index (χ1v) is 9.71.